The Kier molecular flexibility index (Phi) is 6.42. The fourth-order valence-corrected chi connectivity index (χ4v) is 3.01. The molecule has 1 N–H and O–H groups in total. The maximum atomic E-state index is 11.8. The molecular weight excluding hydrogens is 410 g/mol. The number of anilines is 1. The fourth-order valence-electron chi connectivity index (χ4n) is 2.65. The number of nitrogens with one attached hydrogen (secondary N) is 1. The Balaban J connectivity index is 2.01. The van der Waals surface area contributed by atoms with Gasteiger partial charge in [-0.2, -0.15) is 9.97 Å². The molecule has 0 bridgehead atoms. The van der Waals surface area contributed by atoms with Crippen molar-refractivity contribution in [2.45, 2.75) is 18.6 Å². The summed E-state index contributed by atoms with van der Waals surface area (Å²) >= 11 is 1.19. The number of aromatic nitrogens is 2. The van der Waals surface area contributed by atoms with Gasteiger partial charge in [-0.3, -0.25) is 20.2 Å². The van der Waals surface area contributed by atoms with Crippen LogP contribution >= 0.6 is 11.8 Å². The van der Waals surface area contributed by atoms with Crippen LogP contribution in [0.2, 0.25) is 0 Å². The van der Waals surface area contributed by atoms with Crippen molar-refractivity contribution in [3.8, 4) is 11.6 Å². The molecule has 0 unspecified atom stereocenters. The van der Waals surface area contributed by atoms with Crippen LogP contribution in [-0.4, -0.2) is 26.1 Å². The lowest BCUT2D eigenvalue weighted by Crippen LogP contribution is -2.08. The normalized spacial score (nSPS) is 10.5. The van der Waals surface area contributed by atoms with Crippen molar-refractivity contribution < 1.29 is 14.6 Å². The Morgan fingerprint density at radius 3 is 2.43 bits per heavy atom. The fraction of sp³-hybridized carbons (Fsp3) is 0.158. The van der Waals surface area contributed by atoms with E-state index in [9.17, 15) is 20.2 Å². The molecule has 0 aliphatic heterocycles. The summed E-state index contributed by atoms with van der Waals surface area (Å²) in [5.41, 5.74) is 0.846. The number of nitrogens with zero attached hydrogens (tertiary/aromatic N) is 4. The smallest absolute Gasteiger partial charge is 0.373 e. The van der Waals surface area contributed by atoms with E-state index in [2.05, 4.69) is 15.3 Å². The van der Waals surface area contributed by atoms with E-state index in [0.29, 0.717) is 12.1 Å². The molecule has 1 heterocycles. The van der Waals surface area contributed by atoms with Crippen LogP contribution in [-0.2, 0) is 6.54 Å². The van der Waals surface area contributed by atoms with E-state index >= 15 is 0 Å². The number of thioether (sulfide) groups is 1. The highest BCUT2D eigenvalue weighted by molar-refractivity contribution is 7.98. The molecule has 0 aliphatic rings. The van der Waals surface area contributed by atoms with Crippen molar-refractivity contribution in [3.05, 3.63) is 79.9 Å². The van der Waals surface area contributed by atoms with Crippen molar-refractivity contribution >= 4 is 29.0 Å². The standard InChI is InChI=1S/C19H17N5O5S/c1-12-8-14(23(25)26)10-15(9-12)29-18-16(24(27)28)17(21-19(22-18)30-2)20-11-13-6-4-3-5-7-13/h3-10H,11H2,1-2H3,(H,20,21,22). The summed E-state index contributed by atoms with van der Waals surface area (Å²) in [6, 6.07) is 13.4. The second-order valence-electron chi connectivity index (χ2n) is 6.17. The third-order valence-electron chi connectivity index (χ3n) is 3.96. The highest BCUT2D eigenvalue weighted by Crippen LogP contribution is 2.37. The topological polar surface area (TPSA) is 133 Å². The number of hydrogen-bond donors (Lipinski definition) is 1. The molecule has 3 aromatic rings. The van der Waals surface area contributed by atoms with Crippen LogP contribution in [0.3, 0.4) is 0 Å². The number of rotatable bonds is 8. The minimum Gasteiger partial charge on any atom is -0.433 e. The Hall–Kier alpha value is -3.73. The predicted octanol–water partition coefficient (Wildman–Crippen LogP) is 4.73. The van der Waals surface area contributed by atoms with E-state index in [0.717, 1.165) is 5.56 Å². The van der Waals surface area contributed by atoms with Crippen LogP contribution in [0.1, 0.15) is 11.1 Å². The third kappa shape index (κ3) is 5.00. The van der Waals surface area contributed by atoms with Crippen molar-refractivity contribution in [1.29, 1.82) is 0 Å². The number of nitro groups is 2. The molecule has 0 amide bonds. The molecule has 0 atom stereocenters. The van der Waals surface area contributed by atoms with Crippen LogP contribution in [0.5, 0.6) is 11.6 Å². The highest BCUT2D eigenvalue weighted by Gasteiger charge is 2.27. The Morgan fingerprint density at radius 2 is 1.80 bits per heavy atom. The van der Waals surface area contributed by atoms with Crippen LogP contribution < -0.4 is 10.1 Å². The zero-order valence-corrected chi connectivity index (χ0v) is 16.9. The Labute approximate surface area is 175 Å². The summed E-state index contributed by atoms with van der Waals surface area (Å²) in [6.07, 6.45) is 1.73. The first kappa shape index (κ1) is 21.0. The summed E-state index contributed by atoms with van der Waals surface area (Å²) in [7, 11) is 0. The molecule has 0 aliphatic carbocycles. The van der Waals surface area contributed by atoms with Gasteiger partial charge in [0.2, 0.25) is 5.82 Å². The number of nitro benzene ring substituents is 1. The van der Waals surface area contributed by atoms with Gasteiger partial charge in [-0.1, -0.05) is 42.1 Å². The SMILES string of the molecule is CSc1nc(NCc2ccccc2)c([N+](=O)[O-])c(Oc2cc(C)cc([N+](=O)[O-])c2)n1. The largest absolute Gasteiger partial charge is 0.433 e. The van der Waals surface area contributed by atoms with Gasteiger partial charge in [0.15, 0.2) is 5.16 Å². The number of benzene rings is 2. The van der Waals surface area contributed by atoms with Crippen molar-refractivity contribution in [1.82, 2.24) is 9.97 Å². The minimum atomic E-state index is -0.642. The number of non-ortho nitro benzene ring substituents is 1. The van der Waals surface area contributed by atoms with Gasteiger partial charge >= 0.3 is 11.6 Å². The van der Waals surface area contributed by atoms with E-state index in [1.54, 1.807) is 13.2 Å². The molecule has 154 valence electrons. The van der Waals surface area contributed by atoms with Crippen molar-refractivity contribution in [2.24, 2.45) is 0 Å². The van der Waals surface area contributed by atoms with Gasteiger partial charge < -0.3 is 10.1 Å². The zero-order valence-electron chi connectivity index (χ0n) is 16.1. The zero-order chi connectivity index (χ0) is 21.7. The molecule has 11 heteroatoms. The third-order valence-corrected chi connectivity index (χ3v) is 4.51. The van der Waals surface area contributed by atoms with Gasteiger partial charge in [0, 0.05) is 12.6 Å². The molecule has 3 rings (SSSR count). The van der Waals surface area contributed by atoms with Gasteiger partial charge in [0.25, 0.3) is 5.69 Å². The van der Waals surface area contributed by atoms with Crippen LogP contribution in [0, 0.1) is 27.2 Å². The Morgan fingerprint density at radius 1 is 1.07 bits per heavy atom. The summed E-state index contributed by atoms with van der Waals surface area (Å²) in [5, 5.41) is 26.1. The molecule has 30 heavy (non-hydrogen) atoms. The minimum absolute atomic E-state index is 0.000329. The van der Waals surface area contributed by atoms with E-state index in [1.165, 1.54) is 30.0 Å². The summed E-state index contributed by atoms with van der Waals surface area (Å²) < 4.78 is 5.63. The van der Waals surface area contributed by atoms with Crippen molar-refractivity contribution in [3.63, 3.8) is 0 Å². The second kappa shape index (κ2) is 9.18. The molecular formula is C19H17N5O5S. The van der Waals surface area contributed by atoms with Gasteiger partial charge in [-0.05, 0) is 30.4 Å². The lowest BCUT2D eigenvalue weighted by atomic mass is 10.2. The molecule has 2 aromatic carbocycles. The summed E-state index contributed by atoms with van der Waals surface area (Å²) in [4.78, 5) is 30.0. The van der Waals surface area contributed by atoms with Crippen molar-refractivity contribution in [2.75, 3.05) is 11.6 Å². The first-order valence-corrected chi connectivity index (χ1v) is 9.92. The molecule has 0 saturated heterocycles. The number of hydrogen-bond acceptors (Lipinski definition) is 9. The maximum Gasteiger partial charge on any atom is 0.373 e. The van der Waals surface area contributed by atoms with E-state index in [-0.39, 0.29) is 28.3 Å². The summed E-state index contributed by atoms with van der Waals surface area (Å²) in [6.45, 7) is 1.97. The quantitative estimate of drug-likeness (QED) is 0.234. The molecule has 10 nitrogen and oxygen atoms in total. The Bertz CT molecular complexity index is 1090. The average Bonchev–Trinajstić information content (AvgIpc) is 2.71. The molecule has 0 fully saturated rings. The van der Waals surface area contributed by atoms with E-state index in [1.807, 2.05) is 30.3 Å². The van der Waals surface area contributed by atoms with Crippen LogP contribution in [0.15, 0.2) is 53.7 Å². The van der Waals surface area contributed by atoms with Gasteiger partial charge in [0.05, 0.1) is 15.9 Å². The summed E-state index contributed by atoms with van der Waals surface area (Å²) in [5.74, 6) is -0.222. The van der Waals surface area contributed by atoms with Crippen LogP contribution in [0.25, 0.3) is 0 Å². The number of ether oxygens (including phenoxy) is 1. The second-order valence-corrected chi connectivity index (χ2v) is 6.95. The monoisotopic (exact) mass is 427 g/mol. The highest BCUT2D eigenvalue weighted by atomic mass is 32.2. The van der Waals surface area contributed by atoms with E-state index < -0.39 is 15.5 Å². The predicted molar refractivity (Wildman–Crippen MR) is 112 cm³/mol. The van der Waals surface area contributed by atoms with Gasteiger partial charge in [-0.15, -0.1) is 0 Å². The molecule has 0 radical (unpaired) electrons. The molecule has 1 aromatic heterocycles. The maximum absolute atomic E-state index is 11.8. The first-order chi connectivity index (χ1) is 14.4. The van der Waals surface area contributed by atoms with E-state index in [4.69, 9.17) is 4.74 Å². The lowest BCUT2D eigenvalue weighted by Gasteiger charge is -2.11. The molecule has 0 spiro atoms. The van der Waals surface area contributed by atoms with Gasteiger partial charge in [0.1, 0.15) is 5.75 Å². The van der Waals surface area contributed by atoms with Gasteiger partial charge in [-0.25, -0.2) is 0 Å². The number of aryl methyl sites for hydroxylation is 1. The lowest BCUT2D eigenvalue weighted by molar-refractivity contribution is -0.385. The molecule has 0 saturated carbocycles. The first-order valence-electron chi connectivity index (χ1n) is 8.69. The van der Waals surface area contributed by atoms with Crippen LogP contribution in [0.4, 0.5) is 17.2 Å². The average molecular weight is 427 g/mol.